The van der Waals surface area contributed by atoms with Gasteiger partial charge in [-0.05, 0) is 23.7 Å². The Bertz CT molecular complexity index is 290. The summed E-state index contributed by atoms with van der Waals surface area (Å²) < 4.78 is 11.5. The first-order valence-corrected chi connectivity index (χ1v) is 5.31. The topological polar surface area (TPSA) is 49.1 Å². The van der Waals surface area contributed by atoms with E-state index in [0.29, 0.717) is 5.75 Å². The van der Waals surface area contributed by atoms with Crippen LogP contribution in [0.25, 0.3) is 0 Å². The number of fused-ring (bicyclic) bond motifs is 1. The molecule has 2 atom stereocenters. The van der Waals surface area contributed by atoms with Crippen LogP contribution in [0.4, 0.5) is 0 Å². The molecule has 0 amide bonds. The number of benzene rings is 1. The second-order valence-electron chi connectivity index (χ2n) is 3.08. The number of hydrogen-bond acceptors (Lipinski definition) is 2. The number of rotatable bonds is 0. The molecule has 12 heavy (non-hydrogen) atoms. The quantitative estimate of drug-likeness (QED) is 0.598. The average molecular weight is 181 g/mol. The van der Waals surface area contributed by atoms with Crippen LogP contribution in [0.15, 0.2) is 29.2 Å². The minimum absolute atomic E-state index is 0.0701. The molecule has 1 aromatic carbocycles. The van der Waals surface area contributed by atoms with Crippen LogP contribution in [-0.4, -0.2) is 16.3 Å². The van der Waals surface area contributed by atoms with E-state index in [2.05, 4.69) is 0 Å². The van der Waals surface area contributed by atoms with Crippen molar-refractivity contribution in [3.63, 3.8) is 0 Å². The molecule has 0 spiro atoms. The third-order valence-electron chi connectivity index (χ3n) is 2.07. The fourth-order valence-electron chi connectivity index (χ4n) is 1.52. The molecule has 0 bridgehead atoms. The van der Waals surface area contributed by atoms with Crippen molar-refractivity contribution in [2.45, 2.75) is 17.4 Å². The van der Waals surface area contributed by atoms with Gasteiger partial charge in [0.1, 0.15) is 5.75 Å². The van der Waals surface area contributed by atoms with E-state index in [4.69, 9.17) is 5.73 Å². The van der Waals surface area contributed by atoms with E-state index >= 15 is 0 Å². The van der Waals surface area contributed by atoms with Gasteiger partial charge in [0, 0.05) is 5.56 Å². The Morgan fingerprint density at radius 2 is 2.17 bits per heavy atom. The summed E-state index contributed by atoms with van der Waals surface area (Å²) in [4.78, 5) is 0.971. The first-order chi connectivity index (χ1) is 5.77. The van der Waals surface area contributed by atoms with Crippen molar-refractivity contribution < 1.29 is 4.55 Å². The van der Waals surface area contributed by atoms with E-state index in [0.717, 1.165) is 16.9 Å². The van der Waals surface area contributed by atoms with Gasteiger partial charge in [-0.25, -0.2) is 0 Å². The van der Waals surface area contributed by atoms with Crippen LogP contribution in [0.3, 0.4) is 0 Å². The molecule has 0 fully saturated rings. The number of nitrogens with two attached hydrogens (primary N) is 1. The smallest absolute Gasteiger partial charge is 0.155 e. The Morgan fingerprint density at radius 3 is 3.00 bits per heavy atom. The molecule has 1 aliphatic heterocycles. The molecule has 2 N–H and O–H groups in total. The molecule has 1 aromatic rings. The van der Waals surface area contributed by atoms with Gasteiger partial charge in [-0.15, -0.1) is 0 Å². The zero-order chi connectivity index (χ0) is 8.55. The summed E-state index contributed by atoms with van der Waals surface area (Å²) in [5.74, 6) is 0.608. The van der Waals surface area contributed by atoms with Gasteiger partial charge in [0.2, 0.25) is 0 Å². The van der Waals surface area contributed by atoms with Crippen molar-refractivity contribution in [3.05, 3.63) is 29.8 Å². The van der Waals surface area contributed by atoms with Crippen LogP contribution in [0.2, 0.25) is 0 Å². The molecular weight excluding hydrogens is 170 g/mol. The van der Waals surface area contributed by atoms with E-state index in [1.165, 1.54) is 0 Å². The predicted molar refractivity (Wildman–Crippen MR) is 49.4 cm³/mol. The van der Waals surface area contributed by atoms with Gasteiger partial charge in [-0.3, -0.25) is 0 Å². The lowest BCUT2D eigenvalue weighted by Gasteiger charge is -2.23. The summed E-state index contributed by atoms with van der Waals surface area (Å²) in [5, 5.41) is 0. The molecule has 1 heterocycles. The maximum atomic E-state index is 11.5. The zero-order valence-corrected chi connectivity index (χ0v) is 7.51. The minimum atomic E-state index is -0.870. The fourth-order valence-corrected chi connectivity index (χ4v) is 2.88. The van der Waals surface area contributed by atoms with Gasteiger partial charge in [0.15, 0.2) is 4.90 Å². The Morgan fingerprint density at radius 1 is 1.42 bits per heavy atom. The molecule has 0 saturated carbocycles. The van der Waals surface area contributed by atoms with Crippen LogP contribution >= 0.6 is 0 Å². The summed E-state index contributed by atoms with van der Waals surface area (Å²) in [5.41, 5.74) is 6.89. The standard InChI is InChI=1S/C9H11NOS/c10-8-5-7-3-1-2-4-9(7)12(11)6-8/h1-4,8H,5-6,10H2. The second-order valence-corrected chi connectivity index (χ2v) is 4.55. The van der Waals surface area contributed by atoms with E-state index in [1.807, 2.05) is 24.3 Å². The molecular formula is C9H11NOS. The summed E-state index contributed by atoms with van der Waals surface area (Å²) in [7, 11) is 0. The second kappa shape index (κ2) is 3.09. The Kier molecular flexibility index (Phi) is 2.09. The first kappa shape index (κ1) is 8.10. The van der Waals surface area contributed by atoms with Crippen molar-refractivity contribution in [2.24, 2.45) is 5.73 Å². The van der Waals surface area contributed by atoms with Crippen molar-refractivity contribution in [1.29, 1.82) is 0 Å². The molecule has 0 aromatic heterocycles. The number of hydrogen-bond donors (Lipinski definition) is 1. The zero-order valence-electron chi connectivity index (χ0n) is 6.69. The molecule has 2 unspecified atom stereocenters. The van der Waals surface area contributed by atoms with Crippen molar-refractivity contribution in [2.75, 3.05) is 5.75 Å². The lowest BCUT2D eigenvalue weighted by atomic mass is 10.1. The van der Waals surface area contributed by atoms with E-state index in [9.17, 15) is 4.55 Å². The van der Waals surface area contributed by atoms with Crippen LogP contribution in [-0.2, 0) is 17.6 Å². The lowest BCUT2D eigenvalue weighted by Crippen LogP contribution is -2.36. The molecule has 1 aliphatic rings. The highest BCUT2D eigenvalue weighted by atomic mass is 32.2. The van der Waals surface area contributed by atoms with Crippen molar-refractivity contribution in [1.82, 2.24) is 0 Å². The van der Waals surface area contributed by atoms with E-state index < -0.39 is 11.2 Å². The highest BCUT2D eigenvalue weighted by Crippen LogP contribution is 2.23. The molecule has 3 heteroatoms. The van der Waals surface area contributed by atoms with E-state index in [-0.39, 0.29) is 6.04 Å². The Labute approximate surface area is 75.0 Å². The highest BCUT2D eigenvalue weighted by molar-refractivity contribution is 7.91. The van der Waals surface area contributed by atoms with Crippen LogP contribution < -0.4 is 5.73 Å². The van der Waals surface area contributed by atoms with Gasteiger partial charge in [-0.1, -0.05) is 18.2 Å². The minimum Gasteiger partial charge on any atom is -0.611 e. The molecule has 2 nitrogen and oxygen atoms in total. The lowest BCUT2D eigenvalue weighted by molar-refractivity contribution is 0.573. The van der Waals surface area contributed by atoms with E-state index in [1.54, 1.807) is 0 Å². The summed E-state index contributed by atoms with van der Waals surface area (Å²) in [6, 6.07) is 7.89. The van der Waals surface area contributed by atoms with Gasteiger partial charge in [0.25, 0.3) is 0 Å². The van der Waals surface area contributed by atoms with Gasteiger partial charge < -0.3 is 10.3 Å². The third-order valence-corrected chi connectivity index (χ3v) is 3.69. The van der Waals surface area contributed by atoms with Crippen LogP contribution in [0, 0.1) is 0 Å². The van der Waals surface area contributed by atoms with Gasteiger partial charge >= 0.3 is 0 Å². The monoisotopic (exact) mass is 181 g/mol. The normalized spacial score (nSPS) is 28.2. The summed E-state index contributed by atoms with van der Waals surface area (Å²) in [6.07, 6.45) is 0.863. The molecule has 0 radical (unpaired) electrons. The largest absolute Gasteiger partial charge is 0.611 e. The highest BCUT2D eigenvalue weighted by Gasteiger charge is 2.25. The summed E-state index contributed by atoms with van der Waals surface area (Å²) >= 11 is -0.870. The average Bonchev–Trinajstić information content (AvgIpc) is 2.04. The third kappa shape index (κ3) is 1.35. The van der Waals surface area contributed by atoms with Crippen molar-refractivity contribution >= 4 is 11.2 Å². The molecule has 2 rings (SSSR count). The Hall–Kier alpha value is -0.510. The molecule has 64 valence electrons. The van der Waals surface area contributed by atoms with Crippen LogP contribution in [0.5, 0.6) is 0 Å². The molecule has 0 aliphatic carbocycles. The maximum absolute atomic E-state index is 11.5. The van der Waals surface area contributed by atoms with Gasteiger partial charge in [0.05, 0.1) is 6.04 Å². The SMILES string of the molecule is NC1Cc2ccccc2[S+]([O-])C1. The summed E-state index contributed by atoms with van der Waals surface area (Å²) in [6.45, 7) is 0. The first-order valence-electron chi connectivity index (χ1n) is 3.99. The maximum Gasteiger partial charge on any atom is 0.155 e. The Balaban J connectivity index is 2.40. The van der Waals surface area contributed by atoms with Crippen molar-refractivity contribution in [3.8, 4) is 0 Å². The van der Waals surface area contributed by atoms with Crippen LogP contribution in [0.1, 0.15) is 5.56 Å². The van der Waals surface area contributed by atoms with Gasteiger partial charge in [-0.2, -0.15) is 0 Å². The fraction of sp³-hybridized carbons (Fsp3) is 0.333. The molecule has 0 saturated heterocycles. The predicted octanol–water partition coefficient (Wildman–Crippen LogP) is 0.678.